The second-order valence-electron chi connectivity index (χ2n) is 8.81. The van der Waals surface area contributed by atoms with E-state index >= 15 is 0 Å². The third-order valence-electron chi connectivity index (χ3n) is 6.38. The van der Waals surface area contributed by atoms with Crippen LogP contribution in [0, 0.1) is 12.7 Å². The topological polar surface area (TPSA) is 98.1 Å². The molecule has 1 saturated heterocycles. The molecule has 8 nitrogen and oxygen atoms in total. The van der Waals surface area contributed by atoms with Gasteiger partial charge in [-0.3, -0.25) is 4.68 Å². The summed E-state index contributed by atoms with van der Waals surface area (Å²) in [7, 11) is 0. The van der Waals surface area contributed by atoms with Gasteiger partial charge in [-0.25, -0.2) is 19.7 Å². The largest absolute Gasteiger partial charge is 0.317 e. The van der Waals surface area contributed by atoms with Crippen LogP contribution in [0.5, 0.6) is 0 Å². The minimum absolute atomic E-state index is 0.187. The predicted molar refractivity (Wildman–Crippen MR) is 136 cm³/mol. The Balaban J connectivity index is 0.000000145. The minimum Gasteiger partial charge on any atom is -0.317 e. The van der Waals surface area contributed by atoms with E-state index in [9.17, 15) is 4.39 Å². The number of rotatable bonds is 4. The van der Waals surface area contributed by atoms with Gasteiger partial charge in [-0.1, -0.05) is 30.3 Å². The first-order valence-corrected chi connectivity index (χ1v) is 11.8. The van der Waals surface area contributed by atoms with Crippen LogP contribution in [-0.4, -0.2) is 37.5 Å². The lowest BCUT2D eigenvalue weighted by Gasteiger charge is -2.22. The predicted octanol–water partition coefficient (Wildman–Crippen LogP) is 4.01. The van der Waals surface area contributed by atoms with Gasteiger partial charge in [0.25, 0.3) is 0 Å². The number of fused-ring (bicyclic) bond motifs is 2. The average Bonchev–Trinajstić information content (AvgIpc) is 3.50. The molecule has 0 unspecified atom stereocenters. The van der Waals surface area contributed by atoms with Crippen LogP contribution in [0.15, 0.2) is 67.1 Å². The van der Waals surface area contributed by atoms with Gasteiger partial charge in [0.2, 0.25) is 0 Å². The van der Waals surface area contributed by atoms with Crippen molar-refractivity contribution in [2.75, 3.05) is 18.5 Å². The van der Waals surface area contributed by atoms with Crippen molar-refractivity contribution in [1.29, 1.82) is 0 Å². The molecule has 2 aromatic carbocycles. The molecular formula is C26H29FN8. The van der Waals surface area contributed by atoms with E-state index in [0.717, 1.165) is 42.4 Å². The van der Waals surface area contributed by atoms with Crippen LogP contribution in [0.4, 0.5) is 10.2 Å². The van der Waals surface area contributed by atoms with Crippen molar-refractivity contribution in [3.05, 3.63) is 89.8 Å². The second kappa shape index (κ2) is 10.2. The molecule has 1 fully saturated rings. The standard InChI is InChI=1S/C15H13FN2.C11H16N6/c1-11-6-7-13-10-18(17-15(13)8-11)9-12-4-2-3-5-14(12)16;12-16-11-10-2-1-9(17(10)15-7-14-11)8-3-5-13-6-4-8/h2-8,10H,9H2,1H3;1-2,7-8,13H,3-6,12H2,(H,14,15,16). The Bertz CT molecular complexity index is 1430. The Kier molecular flexibility index (Phi) is 6.69. The van der Waals surface area contributed by atoms with Crippen LogP contribution in [0.1, 0.15) is 35.6 Å². The molecule has 0 amide bonds. The van der Waals surface area contributed by atoms with Crippen molar-refractivity contribution in [2.24, 2.45) is 5.84 Å². The maximum atomic E-state index is 13.6. The van der Waals surface area contributed by atoms with Gasteiger partial charge >= 0.3 is 0 Å². The van der Waals surface area contributed by atoms with Crippen molar-refractivity contribution in [3.63, 3.8) is 0 Å². The highest BCUT2D eigenvalue weighted by molar-refractivity contribution is 5.78. The summed E-state index contributed by atoms with van der Waals surface area (Å²) in [5.74, 6) is 6.49. The smallest absolute Gasteiger partial charge is 0.167 e. The average molecular weight is 473 g/mol. The van der Waals surface area contributed by atoms with Gasteiger partial charge in [-0.05, 0) is 62.7 Å². The highest BCUT2D eigenvalue weighted by atomic mass is 19.1. The number of benzene rings is 2. The van der Waals surface area contributed by atoms with Crippen molar-refractivity contribution in [2.45, 2.75) is 32.2 Å². The number of piperidine rings is 1. The zero-order chi connectivity index (χ0) is 24.2. The number of anilines is 1. The van der Waals surface area contributed by atoms with Crippen LogP contribution in [-0.2, 0) is 6.54 Å². The molecule has 0 saturated carbocycles. The third-order valence-corrected chi connectivity index (χ3v) is 6.38. The minimum atomic E-state index is -0.187. The van der Waals surface area contributed by atoms with Crippen molar-refractivity contribution >= 4 is 22.2 Å². The normalized spacial score (nSPS) is 14.1. The third kappa shape index (κ3) is 5.01. The van der Waals surface area contributed by atoms with Crippen molar-refractivity contribution < 1.29 is 4.39 Å². The number of hydrogen-bond donors (Lipinski definition) is 3. The fraction of sp³-hybridized carbons (Fsp3) is 0.269. The van der Waals surface area contributed by atoms with Crippen LogP contribution < -0.4 is 16.6 Å². The summed E-state index contributed by atoms with van der Waals surface area (Å²) < 4.78 is 17.3. The van der Waals surface area contributed by atoms with E-state index in [2.05, 4.69) is 38.1 Å². The van der Waals surface area contributed by atoms with E-state index in [-0.39, 0.29) is 5.82 Å². The summed E-state index contributed by atoms with van der Waals surface area (Å²) in [5.41, 5.74) is 7.57. The number of nitrogens with one attached hydrogen (secondary N) is 2. The summed E-state index contributed by atoms with van der Waals surface area (Å²) in [6.07, 6.45) is 5.79. The van der Waals surface area contributed by atoms with E-state index in [1.54, 1.807) is 16.8 Å². The molecule has 6 rings (SSSR count). The number of nitrogens with two attached hydrogens (primary N) is 1. The second-order valence-corrected chi connectivity index (χ2v) is 8.81. The van der Waals surface area contributed by atoms with Gasteiger partial charge in [0.05, 0.1) is 12.1 Å². The Labute approximate surface area is 202 Å². The molecule has 4 heterocycles. The number of nitrogen functional groups attached to an aromatic ring is 1. The van der Waals surface area contributed by atoms with Crippen molar-refractivity contribution in [3.8, 4) is 0 Å². The fourth-order valence-corrected chi connectivity index (χ4v) is 4.55. The van der Waals surface area contributed by atoms with Gasteiger partial charge < -0.3 is 10.7 Å². The van der Waals surface area contributed by atoms with E-state index in [0.29, 0.717) is 23.8 Å². The Morgan fingerprint density at radius 1 is 1.11 bits per heavy atom. The highest BCUT2D eigenvalue weighted by Gasteiger charge is 2.19. The summed E-state index contributed by atoms with van der Waals surface area (Å²) >= 11 is 0. The lowest BCUT2D eigenvalue weighted by Crippen LogP contribution is -2.27. The molecule has 5 aromatic rings. The molecule has 180 valence electrons. The molecule has 3 aromatic heterocycles. The van der Waals surface area contributed by atoms with Crippen LogP contribution in [0.3, 0.4) is 0 Å². The first-order chi connectivity index (χ1) is 17.1. The number of aryl methyl sites for hydroxylation is 1. The van der Waals surface area contributed by atoms with Crippen LogP contribution in [0.2, 0.25) is 0 Å². The zero-order valence-electron chi connectivity index (χ0n) is 19.7. The summed E-state index contributed by atoms with van der Waals surface area (Å²) in [6.45, 7) is 4.64. The molecule has 0 bridgehead atoms. The van der Waals surface area contributed by atoms with Gasteiger partial charge in [0, 0.05) is 28.8 Å². The zero-order valence-corrected chi connectivity index (χ0v) is 19.7. The maximum absolute atomic E-state index is 13.6. The molecule has 35 heavy (non-hydrogen) atoms. The molecule has 1 aliphatic rings. The van der Waals surface area contributed by atoms with E-state index in [1.165, 1.54) is 23.7 Å². The van der Waals surface area contributed by atoms with Crippen LogP contribution in [0.25, 0.3) is 16.4 Å². The van der Waals surface area contributed by atoms with Crippen molar-refractivity contribution in [1.82, 2.24) is 29.7 Å². The molecule has 0 aliphatic carbocycles. The van der Waals surface area contributed by atoms with Gasteiger partial charge in [0.1, 0.15) is 17.7 Å². The lowest BCUT2D eigenvalue weighted by molar-refractivity contribution is 0.448. The maximum Gasteiger partial charge on any atom is 0.167 e. The van der Waals surface area contributed by atoms with Crippen LogP contribution >= 0.6 is 0 Å². The lowest BCUT2D eigenvalue weighted by atomic mass is 9.95. The molecule has 1 aliphatic heterocycles. The summed E-state index contributed by atoms with van der Waals surface area (Å²) in [5, 5.41) is 13.2. The van der Waals surface area contributed by atoms with Gasteiger partial charge in [-0.2, -0.15) is 10.2 Å². The number of hydrogen-bond acceptors (Lipinski definition) is 6. The number of aromatic nitrogens is 5. The molecular weight excluding hydrogens is 443 g/mol. The summed E-state index contributed by atoms with van der Waals surface area (Å²) in [4.78, 5) is 4.10. The Hall–Kier alpha value is -3.82. The first kappa shape index (κ1) is 22.9. The number of hydrazine groups is 1. The summed E-state index contributed by atoms with van der Waals surface area (Å²) in [6, 6.07) is 17.1. The number of halogens is 1. The van der Waals surface area contributed by atoms with E-state index in [1.807, 2.05) is 41.9 Å². The molecule has 9 heteroatoms. The SMILES string of the molecule is Cc1ccc2cn(Cc3ccccc3F)nc2c1.NNc1ncnn2c(C3CCNCC3)ccc12. The molecule has 4 N–H and O–H groups in total. The van der Waals surface area contributed by atoms with Gasteiger partial charge in [0.15, 0.2) is 5.82 Å². The first-order valence-electron chi connectivity index (χ1n) is 11.8. The Morgan fingerprint density at radius 2 is 1.94 bits per heavy atom. The number of nitrogens with zero attached hydrogens (tertiary/aromatic N) is 5. The fourth-order valence-electron chi connectivity index (χ4n) is 4.55. The monoisotopic (exact) mass is 472 g/mol. The molecule has 0 spiro atoms. The molecule has 0 radical (unpaired) electrons. The quantitative estimate of drug-likeness (QED) is 0.270. The molecule has 0 atom stereocenters. The highest BCUT2D eigenvalue weighted by Crippen LogP contribution is 2.27. The van der Waals surface area contributed by atoms with E-state index < -0.39 is 0 Å². The Morgan fingerprint density at radius 3 is 2.74 bits per heavy atom. The van der Waals surface area contributed by atoms with Gasteiger partial charge in [-0.15, -0.1) is 0 Å². The van der Waals surface area contributed by atoms with E-state index in [4.69, 9.17) is 5.84 Å².